The summed E-state index contributed by atoms with van der Waals surface area (Å²) in [7, 11) is -3.33. The zero-order valence-corrected chi connectivity index (χ0v) is 14.9. The Morgan fingerprint density at radius 1 is 1.38 bits per heavy atom. The van der Waals surface area contributed by atoms with Crippen molar-refractivity contribution in [3.05, 3.63) is 29.6 Å². The first-order valence-corrected chi connectivity index (χ1v) is 10.6. The van der Waals surface area contributed by atoms with Crippen molar-refractivity contribution in [1.29, 1.82) is 0 Å². The molecule has 1 saturated heterocycles. The lowest BCUT2D eigenvalue weighted by Gasteiger charge is -2.19. The third kappa shape index (κ3) is 3.18. The number of rotatable bonds is 6. The molecule has 1 unspecified atom stereocenters. The summed E-state index contributed by atoms with van der Waals surface area (Å²) in [5, 5.41) is 3.51. The van der Waals surface area contributed by atoms with Crippen LogP contribution >= 0.6 is 0 Å². The molecule has 3 fully saturated rings. The van der Waals surface area contributed by atoms with E-state index in [2.05, 4.69) is 12.2 Å². The van der Waals surface area contributed by atoms with Gasteiger partial charge in [-0.15, -0.1) is 0 Å². The maximum Gasteiger partial charge on any atom is 0.235 e. The summed E-state index contributed by atoms with van der Waals surface area (Å²) in [5.41, 5.74) is 1.05. The summed E-state index contributed by atoms with van der Waals surface area (Å²) < 4.78 is 39.5. The van der Waals surface area contributed by atoms with Crippen LogP contribution in [0.1, 0.15) is 38.2 Å². The molecule has 0 radical (unpaired) electrons. The summed E-state index contributed by atoms with van der Waals surface area (Å²) in [6, 6.07) is 5.35. The number of hydrogen-bond donors (Lipinski definition) is 1. The molecule has 1 N–H and O–H groups in total. The topological polar surface area (TPSA) is 49.4 Å². The highest BCUT2D eigenvalue weighted by Crippen LogP contribution is 2.55. The van der Waals surface area contributed by atoms with Crippen molar-refractivity contribution in [2.24, 2.45) is 17.8 Å². The van der Waals surface area contributed by atoms with Gasteiger partial charge in [0.15, 0.2) is 0 Å². The van der Waals surface area contributed by atoms with Gasteiger partial charge >= 0.3 is 0 Å². The Kier molecular flexibility index (Phi) is 4.07. The van der Waals surface area contributed by atoms with Gasteiger partial charge in [-0.2, -0.15) is 0 Å². The average Bonchev–Trinajstić information content (AvgIpc) is 3.42. The number of halogens is 1. The summed E-state index contributed by atoms with van der Waals surface area (Å²) >= 11 is 0. The zero-order valence-electron chi connectivity index (χ0n) is 14.0. The van der Waals surface area contributed by atoms with E-state index in [1.165, 1.54) is 29.6 Å². The van der Waals surface area contributed by atoms with E-state index >= 15 is 0 Å². The third-order valence-corrected chi connectivity index (χ3v) is 7.62. The quantitative estimate of drug-likeness (QED) is 0.856. The smallest absolute Gasteiger partial charge is 0.235 e. The van der Waals surface area contributed by atoms with E-state index < -0.39 is 15.8 Å². The first-order valence-electron chi connectivity index (χ1n) is 8.98. The number of nitrogens with one attached hydrogen (secondary N) is 1. The zero-order chi connectivity index (χ0) is 16.9. The highest BCUT2D eigenvalue weighted by molar-refractivity contribution is 7.93. The van der Waals surface area contributed by atoms with Crippen LogP contribution in [0.5, 0.6) is 0 Å². The molecule has 1 aromatic carbocycles. The Balaban J connectivity index is 1.37. The third-order valence-electron chi connectivity index (χ3n) is 5.77. The summed E-state index contributed by atoms with van der Waals surface area (Å²) in [5.74, 6) is 2.31. The van der Waals surface area contributed by atoms with Crippen molar-refractivity contribution in [3.63, 3.8) is 0 Å². The second-order valence-corrected chi connectivity index (χ2v) is 9.61. The van der Waals surface area contributed by atoms with Gasteiger partial charge in [0.25, 0.3) is 0 Å². The van der Waals surface area contributed by atoms with E-state index in [0.717, 1.165) is 23.3 Å². The number of sulfonamides is 1. The van der Waals surface area contributed by atoms with Crippen molar-refractivity contribution in [3.8, 4) is 0 Å². The number of hydrogen-bond acceptors (Lipinski definition) is 3. The van der Waals surface area contributed by atoms with Crippen molar-refractivity contribution < 1.29 is 12.8 Å². The fourth-order valence-electron chi connectivity index (χ4n) is 4.08. The van der Waals surface area contributed by atoms with Crippen LogP contribution in [0.15, 0.2) is 18.2 Å². The van der Waals surface area contributed by atoms with Gasteiger partial charge < -0.3 is 5.32 Å². The summed E-state index contributed by atoms with van der Waals surface area (Å²) in [6.45, 7) is 3.21. The minimum absolute atomic E-state index is 0.108. The van der Waals surface area contributed by atoms with Crippen LogP contribution < -0.4 is 9.62 Å². The van der Waals surface area contributed by atoms with Crippen molar-refractivity contribution in [2.75, 3.05) is 16.6 Å². The molecular formula is C18H25FN2O2S. The van der Waals surface area contributed by atoms with Crippen molar-refractivity contribution in [2.45, 2.75) is 45.2 Å². The van der Waals surface area contributed by atoms with Gasteiger partial charge in [-0.05, 0) is 68.1 Å². The van der Waals surface area contributed by atoms with Crippen LogP contribution in [0, 0.1) is 23.6 Å². The Labute approximate surface area is 143 Å². The van der Waals surface area contributed by atoms with Crippen LogP contribution in [-0.4, -0.2) is 26.8 Å². The molecule has 3 atom stereocenters. The first kappa shape index (κ1) is 16.3. The van der Waals surface area contributed by atoms with Gasteiger partial charge in [0, 0.05) is 19.1 Å². The van der Waals surface area contributed by atoms with Crippen molar-refractivity contribution in [1.82, 2.24) is 5.32 Å². The van der Waals surface area contributed by atoms with E-state index in [1.807, 2.05) is 6.07 Å². The van der Waals surface area contributed by atoms with Crippen LogP contribution in [0.3, 0.4) is 0 Å². The van der Waals surface area contributed by atoms with Gasteiger partial charge in [-0.3, -0.25) is 4.31 Å². The minimum Gasteiger partial charge on any atom is -0.310 e. The maximum atomic E-state index is 14.4. The first-order chi connectivity index (χ1) is 11.5. The Bertz CT molecular complexity index is 733. The fraction of sp³-hybridized carbons (Fsp3) is 0.667. The molecule has 4 nitrogen and oxygen atoms in total. The standard InChI is InChI=1S/C18H25FN2O2S/c1-12(15-10-16(15)14-4-5-14)20-11-13-3-6-18(17(19)9-13)21-7-2-8-24(21,22)23/h3,6,9,12,14-16,20H,2,4-5,7-8,10-11H2,1H3/t12?,15-,16-/m0/s1. The molecule has 1 aliphatic heterocycles. The normalized spacial score (nSPS) is 29.7. The van der Waals surface area contributed by atoms with E-state index in [0.29, 0.717) is 25.6 Å². The molecule has 1 aromatic rings. The Hall–Kier alpha value is -1.14. The predicted molar refractivity (Wildman–Crippen MR) is 92.8 cm³/mol. The molecule has 132 valence electrons. The van der Waals surface area contributed by atoms with Crippen LogP contribution in [-0.2, 0) is 16.6 Å². The molecule has 4 rings (SSSR count). The molecule has 3 aliphatic rings. The minimum atomic E-state index is -3.33. The van der Waals surface area contributed by atoms with Crippen LogP contribution in [0.25, 0.3) is 0 Å². The molecule has 24 heavy (non-hydrogen) atoms. The highest BCUT2D eigenvalue weighted by Gasteiger charge is 2.49. The molecular weight excluding hydrogens is 327 g/mol. The van der Waals surface area contributed by atoms with Crippen LogP contribution in [0.2, 0.25) is 0 Å². The highest BCUT2D eigenvalue weighted by atomic mass is 32.2. The van der Waals surface area contributed by atoms with E-state index in [-0.39, 0.29) is 11.4 Å². The Morgan fingerprint density at radius 2 is 2.17 bits per heavy atom. The number of benzene rings is 1. The molecule has 2 saturated carbocycles. The SMILES string of the molecule is CC(NCc1ccc(N2CCCS2(=O)=O)c(F)c1)[C@@H]1C[C@H]1C1CC1. The maximum absolute atomic E-state index is 14.4. The molecule has 2 aliphatic carbocycles. The summed E-state index contributed by atoms with van der Waals surface area (Å²) in [6.07, 6.45) is 4.70. The molecule has 0 bridgehead atoms. The molecule has 0 amide bonds. The van der Waals surface area contributed by atoms with Gasteiger partial charge in [0.1, 0.15) is 5.82 Å². The van der Waals surface area contributed by atoms with E-state index in [1.54, 1.807) is 6.07 Å². The Morgan fingerprint density at radius 3 is 2.79 bits per heavy atom. The number of nitrogens with zero attached hydrogens (tertiary/aromatic N) is 1. The monoisotopic (exact) mass is 352 g/mol. The van der Waals surface area contributed by atoms with Gasteiger partial charge in [-0.1, -0.05) is 6.07 Å². The van der Waals surface area contributed by atoms with E-state index in [4.69, 9.17) is 0 Å². The van der Waals surface area contributed by atoms with Gasteiger partial charge in [-0.25, -0.2) is 12.8 Å². The largest absolute Gasteiger partial charge is 0.310 e. The van der Waals surface area contributed by atoms with E-state index in [9.17, 15) is 12.8 Å². The van der Waals surface area contributed by atoms with Gasteiger partial charge in [0.05, 0.1) is 11.4 Å². The average molecular weight is 352 g/mol. The molecule has 6 heteroatoms. The lowest BCUT2D eigenvalue weighted by molar-refractivity contribution is 0.456. The van der Waals surface area contributed by atoms with Crippen LogP contribution in [0.4, 0.5) is 10.1 Å². The molecule has 0 spiro atoms. The fourth-order valence-corrected chi connectivity index (χ4v) is 5.65. The lowest BCUT2D eigenvalue weighted by atomic mass is 10.1. The lowest BCUT2D eigenvalue weighted by Crippen LogP contribution is -2.28. The number of anilines is 1. The van der Waals surface area contributed by atoms with Crippen molar-refractivity contribution >= 4 is 15.7 Å². The summed E-state index contributed by atoms with van der Waals surface area (Å²) in [4.78, 5) is 0. The predicted octanol–water partition coefficient (Wildman–Crippen LogP) is 2.89. The van der Waals surface area contributed by atoms with Gasteiger partial charge in [0.2, 0.25) is 10.0 Å². The second-order valence-electron chi connectivity index (χ2n) is 7.60. The molecule has 1 heterocycles. The molecule has 0 aromatic heterocycles. The second kappa shape index (κ2) is 5.99.